The summed E-state index contributed by atoms with van der Waals surface area (Å²) in [7, 11) is 0. The molecule has 0 N–H and O–H groups in total. The smallest absolute Gasteiger partial charge is 0.254 e. The molecule has 0 radical (unpaired) electrons. The number of thiazole rings is 1. The van der Waals surface area contributed by atoms with Crippen molar-refractivity contribution in [2.45, 2.75) is 19.5 Å². The van der Waals surface area contributed by atoms with Crippen molar-refractivity contribution in [3.8, 4) is 16.9 Å². The first-order valence-electron chi connectivity index (χ1n) is 9.88. The maximum absolute atomic E-state index is 13.4. The molecule has 154 valence electrons. The van der Waals surface area contributed by atoms with Crippen LogP contribution in [0.2, 0.25) is 5.02 Å². The predicted molar refractivity (Wildman–Crippen MR) is 114 cm³/mol. The van der Waals surface area contributed by atoms with Gasteiger partial charge in [-0.2, -0.15) is 5.26 Å². The third-order valence-corrected chi connectivity index (χ3v) is 6.58. The topological polar surface area (TPSA) is 87.7 Å². The Balaban J connectivity index is 1.48. The lowest BCUT2D eigenvalue weighted by Gasteiger charge is -2.33. The molecule has 3 heterocycles. The second-order valence-electron chi connectivity index (χ2n) is 7.06. The van der Waals surface area contributed by atoms with Crippen molar-refractivity contribution in [3.63, 3.8) is 0 Å². The van der Waals surface area contributed by atoms with E-state index in [1.165, 1.54) is 23.5 Å². The first-order valence-corrected chi connectivity index (χ1v) is 10.6. The SMILES string of the molecule is [2H]c1cc(C(=O)N2CCn3c(-c4nc5cc(C#N)c(Cl)cc5s4)nnc3[C@H]2C)ccc1F. The molecule has 0 fully saturated rings. The fraction of sp³-hybridized carbons (Fsp3) is 0.190. The molecule has 0 saturated carbocycles. The lowest BCUT2D eigenvalue weighted by atomic mass is 10.1. The molecule has 1 aliphatic rings. The van der Waals surface area contributed by atoms with E-state index in [2.05, 4.69) is 21.3 Å². The highest BCUT2D eigenvalue weighted by molar-refractivity contribution is 7.21. The highest BCUT2D eigenvalue weighted by atomic mass is 35.5. The van der Waals surface area contributed by atoms with Gasteiger partial charge in [-0.25, -0.2) is 9.37 Å². The van der Waals surface area contributed by atoms with Crippen LogP contribution in [0.15, 0.2) is 36.4 Å². The highest BCUT2D eigenvalue weighted by Gasteiger charge is 2.32. The van der Waals surface area contributed by atoms with Crippen molar-refractivity contribution in [1.29, 1.82) is 5.26 Å². The minimum absolute atomic E-state index is 0.257. The number of amides is 1. The van der Waals surface area contributed by atoms with E-state index in [1.807, 2.05) is 11.5 Å². The molecule has 0 bridgehead atoms. The summed E-state index contributed by atoms with van der Waals surface area (Å²) in [5, 5.41) is 18.8. The summed E-state index contributed by atoms with van der Waals surface area (Å²) in [5.74, 6) is 0.241. The Bertz CT molecular complexity index is 1440. The fourth-order valence-electron chi connectivity index (χ4n) is 3.66. The quantitative estimate of drug-likeness (QED) is 0.448. The molecule has 2 aromatic heterocycles. The summed E-state index contributed by atoms with van der Waals surface area (Å²) >= 11 is 7.54. The molecule has 10 heteroatoms. The predicted octanol–water partition coefficient (Wildman–Crippen LogP) is 4.44. The van der Waals surface area contributed by atoms with Crippen molar-refractivity contribution in [3.05, 3.63) is 64.2 Å². The number of nitrogens with zero attached hydrogens (tertiary/aromatic N) is 6. The van der Waals surface area contributed by atoms with Gasteiger partial charge in [-0.15, -0.1) is 21.5 Å². The van der Waals surface area contributed by atoms with E-state index < -0.39 is 5.82 Å². The van der Waals surface area contributed by atoms with Gasteiger partial charge in [-0.3, -0.25) is 4.79 Å². The van der Waals surface area contributed by atoms with Gasteiger partial charge < -0.3 is 9.47 Å². The van der Waals surface area contributed by atoms with Gasteiger partial charge in [-0.05, 0) is 43.3 Å². The number of aromatic nitrogens is 4. The number of rotatable bonds is 2. The molecule has 0 unspecified atom stereocenters. The summed E-state index contributed by atoms with van der Waals surface area (Å²) in [6.45, 7) is 2.71. The molecule has 2 aromatic carbocycles. The van der Waals surface area contributed by atoms with Gasteiger partial charge in [0.15, 0.2) is 16.7 Å². The molecule has 0 aliphatic carbocycles. The lowest BCUT2D eigenvalue weighted by molar-refractivity contribution is 0.0638. The van der Waals surface area contributed by atoms with Crippen molar-refractivity contribution < 1.29 is 10.6 Å². The van der Waals surface area contributed by atoms with Crippen LogP contribution >= 0.6 is 22.9 Å². The van der Waals surface area contributed by atoms with Gasteiger partial charge in [0.25, 0.3) is 5.91 Å². The van der Waals surface area contributed by atoms with E-state index in [1.54, 1.807) is 17.0 Å². The van der Waals surface area contributed by atoms with E-state index in [0.29, 0.717) is 45.8 Å². The first kappa shape index (κ1) is 18.4. The van der Waals surface area contributed by atoms with Crippen molar-refractivity contribution in [2.75, 3.05) is 6.54 Å². The Hall–Kier alpha value is -3.35. The Labute approximate surface area is 186 Å². The normalized spacial score (nSPS) is 16.1. The van der Waals surface area contributed by atoms with Gasteiger partial charge in [0.2, 0.25) is 0 Å². The number of nitriles is 1. The minimum Gasteiger partial charge on any atom is -0.327 e. The maximum Gasteiger partial charge on any atom is 0.254 e. The van der Waals surface area contributed by atoms with Gasteiger partial charge in [0, 0.05) is 18.7 Å². The summed E-state index contributed by atoms with van der Waals surface area (Å²) in [6.07, 6.45) is 0. The largest absolute Gasteiger partial charge is 0.327 e. The average Bonchev–Trinajstić information content (AvgIpc) is 3.38. The third kappa shape index (κ3) is 3.24. The van der Waals surface area contributed by atoms with Crippen LogP contribution in [-0.4, -0.2) is 37.1 Å². The Morgan fingerprint density at radius 3 is 2.97 bits per heavy atom. The molecular weight excluding hydrogens is 439 g/mol. The number of hydrogen-bond acceptors (Lipinski definition) is 6. The summed E-state index contributed by atoms with van der Waals surface area (Å²) < 4.78 is 23.8. The van der Waals surface area contributed by atoms with E-state index in [0.717, 1.165) is 10.8 Å². The fourth-order valence-corrected chi connectivity index (χ4v) is 4.91. The number of carbonyl (C=O) groups excluding carboxylic acids is 1. The summed E-state index contributed by atoms with van der Waals surface area (Å²) in [5.41, 5.74) is 1.28. The van der Waals surface area contributed by atoms with Crippen LogP contribution in [0.1, 0.15) is 36.1 Å². The molecule has 0 spiro atoms. The zero-order valence-corrected chi connectivity index (χ0v) is 17.7. The highest BCUT2D eigenvalue weighted by Crippen LogP contribution is 2.35. The number of carbonyl (C=O) groups is 1. The van der Waals surface area contributed by atoms with Gasteiger partial charge >= 0.3 is 0 Å². The number of fused-ring (bicyclic) bond motifs is 2. The van der Waals surface area contributed by atoms with E-state index in [-0.39, 0.29) is 23.6 Å². The van der Waals surface area contributed by atoms with Gasteiger partial charge in [0.05, 0.1) is 28.2 Å². The molecular formula is C21H14ClFN6OS. The third-order valence-electron chi connectivity index (χ3n) is 5.26. The Morgan fingerprint density at radius 1 is 1.35 bits per heavy atom. The summed E-state index contributed by atoms with van der Waals surface area (Å²) in [6, 6.07) is 8.48. The van der Waals surface area contributed by atoms with E-state index in [4.69, 9.17) is 13.0 Å². The first-order chi connectivity index (χ1) is 15.4. The Kier molecular flexibility index (Phi) is 4.40. The van der Waals surface area contributed by atoms with E-state index >= 15 is 0 Å². The van der Waals surface area contributed by atoms with Crippen molar-refractivity contribution in [2.24, 2.45) is 0 Å². The molecule has 1 atom stereocenters. The van der Waals surface area contributed by atoms with Crippen molar-refractivity contribution >= 4 is 39.1 Å². The molecule has 31 heavy (non-hydrogen) atoms. The second kappa shape index (κ2) is 7.41. The molecule has 1 aliphatic heterocycles. The molecule has 4 aromatic rings. The average molecular weight is 454 g/mol. The number of benzene rings is 2. The van der Waals surface area contributed by atoms with Gasteiger partial charge in [-0.1, -0.05) is 11.6 Å². The lowest BCUT2D eigenvalue weighted by Crippen LogP contribution is -2.41. The number of hydrogen-bond donors (Lipinski definition) is 0. The second-order valence-corrected chi connectivity index (χ2v) is 8.50. The minimum atomic E-state index is -0.670. The molecule has 0 saturated heterocycles. The maximum atomic E-state index is 13.4. The zero-order valence-electron chi connectivity index (χ0n) is 17.1. The standard InChI is InChI=1S/C21H14ClFN6OS/c1-11-18-26-27-19(20-25-16-8-13(10-24)15(22)9-17(16)31-20)29(18)7-6-28(11)21(30)12-2-4-14(23)5-3-12/h2-5,8-9,11H,6-7H2,1H3/t11-/m1/s1/i4D. The number of halogens is 2. The molecule has 5 rings (SSSR count). The molecule has 1 amide bonds. The van der Waals surface area contributed by atoms with Crippen LogP contribution in [0.4, 0.5) is 4.39 Å². The van der Waals surface area contributed by atoms with Crippen LogP contribution in [0.3, 0.4) is 0 Å². The van der Waals surface area contributed by atoms with Gasteiger partial charge in [0.1, 0.15) is 11.9 Å². The van der Waals surface area contributed by atoms with Crippen LogP contribution in [-0.2, 0) is 6.54 Å². The van der Waals surface area contributed by atoms with Crippen molar-refractivity contribution in [1.82, 2.24) is 24.6 Å². The van der Waals surface area contributed by atoms with Crippen LogP contribution < -0.4 is 0 Å². The molecule has 7 nitrogen and oxygen atoms in total. The monoisotopic (exact) mass is 453 g/mol. The van der Waals surface area contributed by atoms with Crippen LogP contribution in [0.5, 0.6) is 0 Å². The zero-order chi connectivity index (χ0) is 22.6. The van der Waals surface area contributed by atoms with Crippen LogP contribution in [0.25, 0.3) is 21.0 Å². The summed E-state index contributed by atoms with van der Waals surface area (Å²) in [4.78, 5) is 19.2. The van der Waals surface area contributed by atoms with E-state index in [9.17, 15) is 14.4 Å². The Morgan fingerprint density at radius 2 is 2.19 bits per heavy atom. The van der Waals surface area contributed by atoms with Crippen LogP contribution in [0, 0.1) is 17.1 Å².